The van der Waals surface area contributed by atoms with E-state index in [1.165, 1.54) is 0 Å². The van der Waals surface area contributed by atoms with Gasteiger partial charge >= 0.3 is 12.1 Å². The molecule has 0 heterocycles. The van der Waals surface area contributed by atoms with Crippen LogP contribution in [0.2, 0.25) is 0 Å². The van der Waals surface area contributed by atoms with Crippen LogP contribution < -0.4 is 15.8 Å². The maximum absolute atomic E-state index is 12.9. The number of hydrogen-bond donors (Lipinski definition) is 7. The minimum Gasteiger partial charge on any atom is -0.481 e. The number of rotatable bonds is 8. The molecule has 1 aromatic carbocycles. The normalized spacial score (nSPS) is 26.5. The molecule has 5 atom stereocenters. The molecule has 2 rings (SSSR count). The zero-order chi connectivity index (χ0) is 26.1. The molecule has 0 spiro atoms. The monoisotopic (exact) mass is 513 g/mol. The highest BCUT2D eigenvalue weighted by atomic mass is 32.2. The lowest BCUT2D eigenvalue weighted by molar-refractivity contribution is -0.159. The fraction of sp³-hybridized carbons (Fsp3) is 0.500. The zero-order valence-electron chi connectivity index (χ0n) is 17.2. The Morgan fingerprint density at radius 3 is 2.35 bits per heavy atom. The minimum absolute atomic E-state index is 0.330. The first-order valence-corrected chi connectivity index (χ1v) is 11.0. The van der Waals surface area contributed by atoms with E-state index in [9.17, 15) is 51.3 Å². The Kier molecular flexibility index (Phi) is 7.94. The van der Waals surface area contributed by atoms with Crippen LogP contribution in [0.3, 0.4) is 0 Å². The summed E-state index contributed by atoms with van der Waals surface area (Å²) in [6.07, 6.45) is -11.3. The number of benzene rings is 1. The lowest BCUT2D eigenvalue weighted by atomic mass is 9.78. The van der Waals surface area contributed by atoms with Crippen molar-refractivity contribution < 1.29 is 56.4 Å². The summed E-state index contributed by atoms with van der Waals surface area (Å²) in [6.45, 7) is 0. The highest BCUT2D eigenvalue weighted by Gasteiger charge is 2.50. The lowest BCUT2D eigenvalue weighted by Crippen LogP contribution is -2.64. The summed E-state index contributed by atoms with van der Waals surface area (Å²) >= 11 is 0. The Bertz CT molecular complexity index is 1070. The molecule has 12 nitrogen and oxygen atoms in total. The van der Waals surface area contributed by atoms with Gasteiger partial charge in [0.1, 0.15) is 11.6 Å². The van der Waals surface area contributed by atoms with Gasteiger partial charge in [0.2, 0.25) is 15.9 Å². The fourth-order valence-electron chi connectivity index (χ4n) is 3.40. The van der Waals surface area contributed by atoms with E-state index in [1.807, 2.05) is 10.0 Å². The number of carboxylic acid groups (broad SMARTS) is 1. The second-order valence-electron chi connectivity index (χ2n) is 7.78. The SMILES string of the molecule is NC(=O)[C@@H](CC(=O)O)NC(=O)[C@@]1(O)C[C@@H](O)[C@H](O)[C@@H](NS(=O)(=O)c2cccc(C(F)(F)F)c2)C1. The molecule has 1 aliphatic rings. The summed E-state index contributed by atoms with van der Waals surface area (Å²) in [5.41, 5.74) is 1.14. The van der Waals surface area contributed by atoms with Crippen molar-refractivity contribution in [2.75, 3.05) is 0 Å². The number of aliphatic hydroxyl groups excluding tert-OH is 2. The number of aliphatic hydroxyl groups is 3. The number of amides is 2. The Labute approximate surface area is 190 Å². The second kappa shape index (κ2) is 9.83. The number of carboxylic acids is 1. The van der Waals surface area contributed by atoms with E-state index in [1.54, 1.807) is 0 Å². The first-order valence-electron chi connectivity index (χ1n) is 9.56. The fourth-order valence-corrected chi connectivity index (χ4v) is 4.69. The number of primary amides is 1. The standard InChI is InChI=1S/C18H22F3N3O9S/c19-18(20,21)8-2-1-3-9(4-8)34(32,33)24-11-6-17(31,7-12(25)14(11)28)16(30)23-10(15(22)29)5-13(26)27/h1-4,10-12,14,24-25,28,31H,5-7H2,(H2,22,29)(H,23,30)(H,26,27)/t10-,11+,12-,14-,17+/m1/s1. The van der Waals surface area contributed by atoms with Crippen LogP contribution in [-0.2, 0) is 30.6 Å². The molecular formula is C18H22F3N3O9S. The highest BCUT2D eigenvalue weighted by molar-refractivity contribution is 7.89. The lowest BCUT2D eigenvalue weighted by Gasteiger charge is -2.41. The van der Waals surface area contributed by atoms with Gasteiger partial charge in [-0.1, -0.05) is 6.07 Å². The Morgan fingerprint density at radius 2 is 1.82 bits per heavy atom. The topological polar surface area (TPSA) is 216 Å². The van der Waals surface area contributed by atoms with Crippen LogP contribution in [0, 0.1) is 0 Å². The molecule has 34 heavy (non-hydrogen) atoms. The first kappa shape index (κ1) is 27.5. The third kappa shape index (κ3) is 6.41. The molecule has 2 amide bonds. The van der Waals surface area contributed by atoms with Crippen LogP contribution in [0.1, 0.15) is 24.8 Å². The molecule has 16 heteroatoms. The van der Waals surface area contributed by atoms with E-state index in [0.29, 0.717) is 12.1 Å². The number of sulfonamides is 1. The quantitative estimate of drug-likeness (QED) is 0.205. The van der Waals surface area contributed by atoms with Crippen LogP contribution in [-0.4, -0.2) is 76.5 Å². The Morgan fingerprint density at radius 1 is 1.21 bits per heavy atom. The van der Waals surface area contributed by atoms with Crippen LogP contribution in [0.4, 0.5) is 13.2 Å². The van der Waals surface area contributed by atoms with E-state index in [-0.39, 0.29) is 0 Å². The van der Waals surface area contributed by atoms with Gasteiger partial charge in [-0.3, -0.25) is 14.4 Å². The van der Waals surface area contributed by atoms with Gasteiger partial charge in [0.05, 0.1) is 35.1 Å². The average Bonchev–Trinajstić information content (AvgIpc) is 2.70. The van der Waals surface area contributed by atoms with Crippen molar-refractivity contribution in [2.24, 2.45) is 5.73 Å². The van der Waals surface area contributed by atoms with Crippen LogP contribution >= 0.6 is 0 Å². The summed E-state index contributed by atoms with van der Waals surface area (Å²) < 4.78 is 65.9. The number of alkyl halides is 3. The van der Waals surface area contributed by atoms with Crippen molar-refractivity contribution in [3.63, 3.8) is 0 Å². The van der Waals surface area contributed by atoms with Gasteiger partial charge in [-0.15, -0.1) is 0 Å². The molecule has 1 aromatic rings. The first-order chi connectivity index (χ1) is 15.5. The number of carbonyl (C=O) groups is 3. The summed E-state index contributed by atoms with van der Waals surface area (Å²) in [4.78, 5) is 33.9. The number of nitrogens with two attached hydrogens (primary N) is 1. The van der Waals surface area contributed by atoms with E-state index in [2.05, 4.69) is 0 Å². The summed E-state index contributed by atoms with van der Waals surface area (Å²) in [5, 5.41) is 41.7. The van der Waals surface area contributed by atoms with Crippen LogP contribution in [0.5, 0.6) is 0 Å². The molecule has 1 fully saturated rings. The van der Waals surface area contributed by atoms with Gasteiger partial charge in [-0.25, -0.2) is 13.1 Å². The van der Waals surface area contributed by atoms with E-state index in [4.69, 9.17) is 10.8 Å². The highest BCUT2D eigenvalue weighted by Crippen LogP contribution is 2.32. The third-order valence-electron chi connectivity index (χ3n) is 5.14. The molecule has 0 saturated heterocycles. The van der Waals surface area contributed by atoms with Crippen LogP contribution in [0.15, 0.2) is 29.2 Å². The maximum atomic E-state index is 12.9. The molecule has 190 valence electrons. The average molecular weight is 513 g/mol. The Hall–Kier alpha value is -2.79. The summed E-state index contributed by atoms with van der Waals surface area (Å²) in [6, 6.07) is -0.876. The van der Waals surface area contributed by atoms with Crippen molar-refractivity contribution in [2.45, 2.75) is 60.2 Å². The van der Waals surface area contributed by atoms with E-state index >= 15 is 0 Å². The predicted octanol–water partition coefficient (Wildman–Crippen LogP) is -1.96. The van der Waals surface area contributed by atoms with Gasteiger partial charge in [-0.05, 0) is 18.2 Å². The number of halogens is 3. The van der Waals surface area contributed by atoms with Gasteiger partial charge in [-0.2, -0.15) is 13.2 Å². The molecule has 1 aliphatic carbocycles. The molecule has 0 aromatic heterocycles. The van der Waals surface area contributed by atoms with Crippen molar-refractivity contribution in [3.05, 3.63) is 29.8 Å². The second-order valence-corrected chi connectivity index (χ2v) is 9.49. The summed E-state index contributed by atoms with van der Waals surface area (Å²) in [7, 11) is -4.74. The molecule has 0 radical (unpaired) electrons. The van der Waals surface area contributed by atoms with Gasteiger partial charge in [0.25, 0.3) is 5.91 Å². The van der Waals surface area contributed by atoms with E-state index in [0.717, 1.165) is 12.1 Å². The van der Waals surface area contributed by atoms with Gasteiger partial charge in [0.15, 0.2) is 0 Å². The molecule has 1 saturated carbocycles. The Balaban J connectivity index is 2.28. The summed E-state index contributed by atoms with van der Waals surface area (Å²) in [5.74, 6) is -4.15. The largest absolute Gasteiger partial charge is 0.481 e. The number of nitrogens with one attached hydrogen (secondary N) is 2. The van der Waals surface area contributed by atoms with Crippen molar-refractivity contribution in [1.29, 1.82) is 0 Å². The molecular weight excluding hydrogens is 491 g/mol. The molecule has 0 aliphatic heterocycles. The minimum atomic E-state index is -4.85. The van der Waals surface area contributed by atoms with Crippen molar-refractivity contribution in [1.82, 2.24) is 10.0 Å². The van der Waals surface area contributed by atoms with Crippen molar-refractivity contribution in [3.8, 4) is 0 Å². The zero-order valence-corrected chi connectivity index (χ0v) is 18.0. The maximum Gasteiger partial charge on any atom is 0.416 e. The van der Waals surface area contributed by atoms with Crippen LogP contribution in [0.25, 0.3) is 0 Å². The van der Waals surface area contributed by atoms with Gasteiger partial charge in [0, 0.05) is 12.8 Å². The third-order valence-corrected chi connectivity index (χ3v) is 6.63. The molecule has 0 unspecified atom stereocenters. The van der Waals surface area contributed by atoms with Gasteiger partial charge < -0.3 is 31.5 Å². The number of hydrogen-bond acceptors (Lipinski definition) is 8. The number of carbonyl (C=O) groups excluding carboxylic acids is 2. The molecule has 8 N–H and O–H groups in total. The van der Waals surface area contributed by atoms with E-state index < -0.39 is 93.6 Å². The predicted molar refractivity (Wildman–Crippen MR) is 105 cm³/mol. The molecule has 0 bridgehead atoms. The van der Waals surface area contributed by atoms with Crippen molar-refractivity contribution >= 4 is 27.8 Å². The number of aliphatic carboxylic acids is 1. The smallest absolute Gasteiger partial charge is 0.416 e.